The second-order valence-electron chi connectivity index (χ2n) is 5.14. The molecule has 0 unspecified atom stereocenters. The number of esters is 1. The third kappa shape index (κ3) is 1.85. The van der Waals surface area contributed by atoms with Gasteiger partial charge in [-0.25, -0.2) is 4.79 Å². The molecule has 20 heavy (non-hydrogen) atoms. The van der Waals surface area contributed by atoms with Crippen molar-refractivity contribution in [3.63, 3.8) is 0 Å². The number of hydrogen-bond donors (Lipinski definition) is 0. The Morgan fingerprint density at radius 1 is 1.00 bits per heavy atom. The zero-order valence-electron chi connectivity index (χ0n) is 11.9. The third-order valence-electron chi connectivity index (χ3n) is 3.75. The molecule has 0 atom stereocenters. The van der Waals surface area contributed by atoms with E-state index in [1.165, 1.54) is 18.1 Å². The zero-order valence-corrected chi connectivity index (χ0v) is 11.9. The number of ether oxygens (including phenoxy) is 1. The van der Waals surface area contributed by atoms with E-state index in [-0.39, 0.29) is 5.97 Å². The summed E-state index contributed by atoms with van der Waals surface area (Å²) in [6.45, 7) is 4.10. The van der Waals surface area contributed by atoms with Gasteiger partial charge in [0.2, 0.25) is 0 Å². The van der Waals surface area contributed by atoms with Crippen LogP contribution in [-0.4, -0.2) is 13.1 Å². The van der Waals surface area contributed by atoms with Crippen LogP contribution in [0.4, 0.5) is 0 Å². The van der Waals surface area contributed by atoms with Gasteiger partial charge in [-0.2, -0.15) is 0 Å². The average Bonchev–Trinajstić information content (AvgIpc) is 2.46. The number of carbonyl (C=O) groups excluding carboxylic acids is 1. The van der Waals surface area contributed by atoms with Crippen molar-refractivity contribution in [1.82, 2.24) is 0 Å². The maximum Gasteiger partial charge on any atom is 0.338 e. The molecule has 0 aliphatic carbocycles. The summed E-state index contributed by atoms with van der Waals surface area (Å²) in [6.07, 6.45) is 0. The van der Waals surface area contributed by atoms with Crippen LogP contribution in [0.1, 0.15) is 21.5 Å². The van der Waals surface area contributed by atoms with E-state index in [0.717, 1.165) is 21.7 Å². The summed E-state index contributed by atoms with van der Waals surface area (Å²) in [6, 6.07) is 14.3. The van der Waals surface area contributed by atoms with E-state index >= 15 is 0 Å². The molecule has 0 aromatic heterocycles. The fourth-order valence-corrected chi connectivity index (χ4v) is 2.78. The molecule has 0 spiro atoms. The Balaban J connectivity index is 2.55. The zero-order chi connectivity index (χ0) is 14.3. The smallest absolute Gasteiger partial charge is 0.338 e. The Hall–Kier alpha value is -2.35. The molecule has 3 aromatic rings. The molecule has 0 heterocycles. The van der Waals surface area contributed by atoms with Crippen LogP contribution in [0.15, 0.2) is 42.5 Å². The minimum atomic E-state index is -0.285. The molecule has 0 fully saturated rings. The topological polar surface area (TPSA) is 26.3 Å². The fraction of sp³-hybridized carbons (Fsp3) is 0.167. The monoisotopic (exact) mass is 264 g/mol. The van der Waals surface area contributed by atoms with Crippen molar-refractivity contribution < 1.29 is 9.53 Å². The van der Waals surface area contributed by atoms with Crippen LogP contribution < -0.4 is 0 Å². The summed E-state index contributed by atoms with van der Waals surface area (Å²) in [5, 5.41) is 4.33. The largest absolute Gasteiger partial charge is 0.465 e. The van der Waals surface area contributed by atoms with Gasteiger partial charge in [-0.1, -0.05) is 42.0 Å². The first-order valence-electron chi connectivity index (χ1n) is 6.63. The number of methoxy groups -OCH3 is 1. The first kappa shape index (κ1) is 12.7. The van der Waals surface area contributed by atoms with Crippen molar-refractivity contribution in [3.05, 3.63) is 59.2 Å². The third-order valence-corrected chi connectivity index (χ3v) is 3.75. The second-order valence-corrected chi connectivity index (χ2v) is 5.14. The van der Waals surface area contributed by atoms with Gasteiger partial charge in [0, 0.05) is 0 Å². The van der Waals surface area contributed by atoms with Gasteiger partial charge in [-0.3, -0.25) is 0 Å². The predicted octanol–water partition coefficient (Wildman–Crippen LogP) is 4.40. The number of aryl methyl sites for hydroxylation is 2. The Morgan fingerprint density at radius 2 is 1.80 bits per heavy atom. The highest BCUT2D eigenvalue weighted by Crippen LogP contribution is 2.31. The summed E-state index contributed by atoms with van der Waals surface area (Å²) in [5.41, 5.74) is 2.94. The molecule has 0 bridgehead atoms. The molecule has 0 aliphatic rings. The number of benzene rings is 3. The molecular formula is C18H16O2. The lowest BCUT2D eigenvalue weighted by molar-refractivity contribution is 0.0603. The van der Waals surface area contributed by atoms with E-state index in [0.29, 0.717) is 5.56 Å². The minimum absolute atomic E-state index is 0.285. The summed E-state index contributed by atoms with van der Waals surface area (Å²) >= 11 is 0. The van der Waals surface area contributed by atoms with Crippen molar-refractivity contribution in [2.45, 2.75) is 13.8 Å². The van der Waals surface area contributed by atoms with Gasteiger partial charge in [0.25, 0.3) is 0 Å². The lowest BCUT2D eigenvalue weighted by atomic mass is 9.93. The van der Waals surface area contributed by atoms with Gasteiger partial charge in [0.15, 0.2) is 0 Å². The molecule has 0 aliphatic heterocycles. The van der Waals surface area contributed by atoms with E-state index in [1.54, 1.807) is 0 Å². The number of fused-ring (bicyclic) bond motifs is 3. The second kappa shape index (κ2) is 4.64. The summed E-state index contributed by atoms with van der Waals surface area (Å²) in [7, 11) is 1.42. The Morgan fingerprint density at radius 3 is 2.55 bits per heavy atom. The van der Waals surface area contributed by atoms with Crippen LogP contribution in [0, 0.1) is 13.8 Å². The van der Waals surface area contributed by atoms with Crippen LogP contribution in [0.25, 0.3) is 21.5 Å². The molecule has 2 heteroatoms. The summed E-state index contributed by atoms with van der Waals surface area (Å²) < 4.78 is 4.93. The van der Waals surface area contributed by atoms with E-state index in [4.69, 9.17) is 4.74 Å². The maximum absolute atomic E-state index is 12.1. The Kier molecular flexibility index (Phi) is 2.94. The van der Waals surface area contributed by atoms with Crippen LogP contribution in [0.3, 0.4) is 0 Å². The van der Waals surface area contributed by atoms with E-state index in [9.17, 15) is 4.79 Å². The van der Waals surface area contributed by atoms with E-state index in [1.807, 2.05) is 25.1 Å². The minimum Gasteiger partial charge on any atom is -0.465 e. The van der Waals surface area contributed by atoms with Gasteiger partial charge in [-0.05, 0) is 47.0 Å². The molecule has 100 valence electrons. The van der Waals surface area contributed by atoms with Crippen LogP contribution >= 0.6 is 0 Å². The van der Waals surface area contributed by atoms with Gasteiger partial charge < -0.3 is 4.74 Å². The maximum atomic E-state index is 12.1. The summed E-state index contributed by atoms with van der Waals surface area (Å²) in [4.78, 5) is 12.1. The van der Waals surface area contributed by atoms with Crippen molar-refractivity contribution in [1.29, 1.82) is 0 Å². The first-order chi connectivity index (χ1) is 9.61. The normalized spacial score (nSPS) is 10.9. The molecule has 0 radical (unpaired) electrons. The number of hydrogen-bond acceptors (Lipinski definition) is 2. The molecule has 0 N–H and O–H groups in total. The predicted molar refractivity (Wildman–Crippen MR) is 82.3 cm³/mol. The van der Waals surface area contributed by atoms with Crippen molar-refractivity contribution in [2.75, 3.05) is 7.11 Å². The van der Waals surface area contributed by atoms with Crippen LogP contribution in [0.5, 0.6) is 0 Å². The average molecular weight is 264 g/mol. The Labute approximate surface area is 118 Å². The molecule has 3 aromatic carbocycles. The SMILES string of the molecule is COC(=O)c1cc2ccc(C)cc2c2cccc(C)c12. The van der Waals surface area contributed by atoms with E-state index < -0.39 is 0 Å². The van der Waals surface area contributed by atoms with Gasteiger partial charge >= 0.3 is 5.97 Å². The molecule has 0 saturated heterocycles. The lowest BCUT2D eigenvalue weighted by Gasteiger charge is -2.12. The molecule has 0 amide bonds. The van der Waals surface area contributed by atoms with Crippen LogP contribution in [-0.2, 0) is 4.74 Å². The summed E-state index contributed by atoms with van der Waals surface area (Å²) in [5.74, 6) is -0.285. The Bertz CT molecular complexity index is 832. The molecular weight excluding hydrogens is 248 g/mol. The lowest BCUT2D eigenvalue weighted by Crippen LogP contribution is -2.03. The number of carbonyl (C=O) groups is 1. The van der Waals surface area contributed by atoms with E-state index in [2.05, 4.69) is 31.2 Å². The highest BCUT2D eigenvalue weighted by molar-refractivity contribution is 6.17. The standard InChI is InChI=1S/C18H16O2/c1-11-7-8-13-10-16(18(19)20-3)17-12(2)5-4-6-14(17)15(13)9-11/h4-10H,1-3H3. The molecule has 0 saturated carbocycles. The fourth-order valence-electron chi connectivity index (χ4n) is 2.78. The van der Waals surface area contributed by atoms with Gasteiger partial charge in [-0.15, -0.1) is 0 Å². The quantitative estimate of drug-likeness (QED) is 0.481. The van der Waals surface area contributed by atoms with Gasteiger partial charge in [0.05, 0.1) is 12.7 Å². The first-order valence-corrected chi connectivity index (χ1v) is 6.63. The van der Waals surface area contributed by atoms with Gasteiger partial charge in [0.1, 0.15) is 0 Å². The van der Waals surface area contributed by atoms with Crippen molar-refractivity contribution in [3.8, 4) is 0 Å². The molecule has 3 rings (SSSR count). The number of rotatable bonds is 1. The van der Waals surface area contributed by atoms with Crippen LogP contribution in [0.2, 0.25) is 0 Å². The molecule has 2 nitrogen and oxygen atoms in total. The highest BCUT2D eigenvalue weighted by atomic mass is 16.5. The highest BCUT2D eigenvalue weighted by Gasteiger charge is 2.14. The van der Waals surface area contributed by atoms with Crippen molar-refractivity contribution in [2.24, 2.45) is 0 Å². The van der Waals surface area contributed by atoms with Crippen molar-refractivity contribution >= 4 is 27.5 Å².